The van der Waals surface area contributed by atoms with Gasteiger partial charge in [0.15, 0.2) is 0 Å². The molecule has 14 heavy (non-hydrogen) atoms. The largest absolute Gasteiger partial charge is 0.462 e. The first-order valence-corrected chi connectivity index (χ1v) is 4.49. The van der Waals surface area contributed by atoms with Crippen LogP contribution >= 0.6 is 24.0 Å². The summed E-state index contributed by atoms with van der Waals surface area (Å²) in [6.45, 7) is 2.12. The van der Waals surface area contributed by atoms with E-state index in [1.807, 2.05) is 0 Å². The van der Waals surface area contributed by atoms with Crippen LogP contribution < -0.4 is 0 Å². The molecule has 0 N–H and O–H groups in total. The van der Waals surface area contributed by atoms with Crippen LogP contribution in [0.1, 0.15) is 22.8 Å². The highest BCUT2D eigenvalue weighted by Crippen LogP contribution is 2.10. The minimum absolute atomic E-state index is 0. The van der Waals surface area contributed by atoms with Crippen LogP contribution in [0.5, 0.6) is 0 Å². The predicted molar refractivity (Wildman–Crippen MR) is 57.0 cm³/mol. The molecule has 78 valence electrons. The van der Waals surface area contributed by atoms with Crippen molar-refractivity contribution in [2.75, 3.05) is 6.61 Å². The lowest BCUT2D eigenvalue weighted by Crippen LogP contribution is -2.07. The minimum atomic E-state index is -0.369. The zero-order valence-electron chi connectivity index (χ0n) is 7.70. The molecule has 0 aliphatic rings. The summed E-state index contributed by atoms with van der Waals surface area (Å²) in [6, 6.07) is 1.71. The van der Waals surface area contributed by atoms with Gasteiger partial charge in [0.25, 0.3) is 0 Å². The van der Waals surface area contributed by atoms with Crippen molar-refractivity contribution in [3.05, 3.63) is 29.6 Å². The molecule has 1 aromatic heterocycles. The van der Waals surface area contributed by atoms with E-state index in [0.29, 0.717) is 12.2 Å². The van der Waals surface area contributed by atoms with Crippen molar-refractivity contribution >= 4 is 30.0 Å². The molecule has 0 unspecified atom stereocenters. The van der Waals surface area contributed by atoms with Crippen LogP contribution in [0.2, 0.25) is 0 Å². The number of hydrogen-bond acceptors (Lipinski definition) is 3. The Balaban J connectivity index is 0.00000169. The van der Waals surface area contributed by atoms with E-state index in [0.717, 1.165) is 5.56 Å². The summed E-state index contributed by atoms with van der Waals surface area (Å²) >= 11 is 5.64. The van der Waals surface area contributed by atoms with Gasteiger partial charge in [0.2, 0.25) is 0 Å². The standard InChI is InChI=1S/C9H10ClNO2.ClH/c1-2-13-9(12)8-6-11-4-3-7(8)5-10;/h3-4,6H,2,5H2,1H3;1H. The van der Waals surface area contributed by atoms with Gasteiger partial charge in [0, 0.05) is 18.3 Å². The molecular formula is C9H11Cl2NO2. The number of carbonyl (C=O) groups excluding carboxylic acids is 1. The lowest BCUT2D eigenvalue weighted by molar-refractivity contribution is 0.0525. The molecule has 0 saturated heterocycles. The molecule has 1 rings (SSSR count). The molecule has 0 amide bonds. The fraction of sp³-hybridized carbons (Fsp3) is 0.333. The second-order valence-electron chi connectivity index (χ2n) is 2.39. The van der Waals surface area contributed by atoms with E-state index >= 15 is 0 Å². The minimum Gasteiger partial charge on any atom is -0.462 e. The number of aromatic nitrogens is 1. The number of hydrogen-bond donors (Lipinski definition) is 0. The predicted octanol–water partition coefficient (Wildman–Crippen LogP) is 2.42. The molecule has 0 spiro atoms. The molecule has 0 radical (unpaired) electrons. The van der Waals surface area contributed by atoms with Gasteiger partial charge in [-0.25, -0.2) is 4.79 Å². The van der Waals surface area contributed by atoms with Crippen molar-refractivity contribution in [3.63, 3.8) is 0 Å². The van der Waals surface area contributed by atoms with Gasteiger partial charge in [-0.2, -0.15) is 0 Å². The van der Waals surface area contributed by atoms with Gasteiger partial charge in [-0.05, 0) is 18.6 Å². The molecule has 0 atom stereocenters. The Morgan fingerprint density at radius 1 is 1.64 bits per heavy atom. The zero-order chi connectivity index (χ0) is 9.68. The highest BCUT2D eigenvalue weighted by molar-refractivity contribution is 6.17. The Hall–Kier alpha value is -0.800. The van der Waals surface area contributed by atoms with E-state index in [4.69, 9.17) is 16.3 Å². The van der Waals surface area contributed by atoms with Crippen molar-refractivity contribution in [2.45, 2.75) is 12.8 Å². The van der Waals surface area contributed by atoms with Crippen LogP contribution in [0.4, 0.5) is 0 Å². The van der Waals surface area contributed by atoms with Crippen LogP contribution in [0, 0.1) is 0 Å². The molecule has 3 nitrogen and oxygen atoms in total. The molecule has 1 aromatic rings. The van der Waals surface area contributed by atoms with Gasteiger partial charge in [-0.15, -0.1) is 24.0 Å². The molecule has 5 heteroatoms. The van der Waals surface area contributed by atoms with Crippen molar-refractivity contribution in [2.24, 2.45) is 0 Å². The number of pyridine rings is 1. The van der Waals surface area contributed by atoms with E-state index in [2.05, 4.69) is 4.98 Å². The van der Waals surface area contributed by atoms with Crippen LogP contribution in [0.25, 0.3) is 0 Å². The maximum Gasteiger partial charge on any atom is 0.340 e. The number of nitrogens with zero attached hydrogens (tertiary/aromatic N) is 1. The number of carbonyl (C=O) groups is 1. The monoisotopic (exact) mass is 235 g/mol. The Bertz CT molecular complexity index is 305. The highest BCUT2D eigenvalue weighted by atomic mass is 35.5. The summed E-state index contributed by atoms with van der Waals surface area (Å²) in [5, 5.41) is 0. The lowest BCUT2D eigenvalue weighted by Gasteiger charge is -2.04. The average Bonchev–Trinajstić information content (AvgIpc) is 2.18. The van der Waals surface area contributed by atoms with Crippen molar-refractivity contribution in [3.8, 4) is 0 Å². The molecule has 0 saturated carbocycles. The normalized spacial score (nSPS) is 9.00. The summed E-state index contributed by atoms with van der Waals surface area (Å²) in [4.78, 5) is 15.1. The number of ether oxygens (including phenoxy) is 1. The second kappa shape index (κ2) is 6.62. The van der Waals surface area contributed by atoms with Gasteiger partial charge in [0.1, 0.15) is 0 Å². The first-order valence-electron chi connectivity index (χ1n) is 3.95. The summed E-state index contributed by atoms with van der Waals surface area (Å²) in [7, 11) is 0. The Labute approximate surface area is 93.8 Å². The maximum absolute atomic E-state index is 11.3. The number of halogens is 2. The van der Waals surface area contributed by atoms with Crippen molar-refractivity contribution in [1.82, 2.24) is 4.98 Å². The van der Waals surface area contributed by atoms with Crippen molar-refractivity contribution < 1.29 is 9.53 Å². The van der Waals surface area contributed by atoms with Crippen LogP contribution in [-0.4, -0.2) is 17.6 Å². The van der Waals surface area contributed by atoms with E-state index in [1.165, 1.54) is 6.20 Å². The van der Waals surface area contributed by atoms with Gasteiger partial charge in [-0.1, -0.05) is 0 Å². The van der Waals surface area contributed by atoms with Gasteiger partial charge in [0.05, 0.1) is 12.2 Å². The van der Waals surface area contributed by atoms with E-state index in [9.17, 15) is 4.79 Å². The SMILES string of the molecule is CCOC(=O)c1cnccc1CCl.Cl. The fourth-order valence-corrected chi connectivity index (χ4v) is 1.17. The molecule has 1 heterocycles. The Morgan fingerprint density at radius 2 is 2.36 bits per heavy atom. The molecule has 0 fully saturated rings. The zero-order valence-corrected chi connectivity index (χ0v) is 9.27. The molecule has 0 aromatic carbocycles. The molecule has 0 aliphatic heterocycles. The Morgan fingerprint density at radius 3 is 2.93 bits per heavy atom. The van der Waals surface area contributed by atoms with Crippen molar-refractivity contribution in [1.29, 1.82) is 0 Å². The third-order valence-electron chi connectivity index (χ3n) is 1.55. The number of esters is 1. The quantitative estimate of drug-likeness (QED) is 0.597. The second-order valence-corrected chi connectivity index (χ2v) is 2.65. The summed E-state index contributed by atoms with van der Waals surface area (Å²) < 4.78 is 4.83. The van der Waals surface area contributed by atoms with Crippen LogP contribution in [0.15, 0.2) is 18.5 Å². The van der Waals surface area contributed by atoms with E-state index in [1.54, 1.807) is 19.2 Å². The first kappa shape index (κ1) is 13.2. The van der Waals surface area contributed by atoms with E-state index < -0.39 is 0 Å². The topological polar surface area (TPSA) is 39.2 Å². The average molecular weight is 236 g/mol. The maximum atomic E-state index is 11.3. The summed E-state index contributed by atoms with van der Waals surface area (Å²) in [6.07, 6.45) is 3.07. The smallest absolute Gasteiger partial charge is 0.340 e. The third-order valence-corrected chi connectivity index (χ3v) is 1.84. The first-order chi connectivity index (χ1) is 6.29. The van der Waals surface area contributed by atoms with Crippen LogP contribution in [-0.2, 0) is 10.6 Å². The highest BCUT2D eigenvalue weighted by Gasteiger charge is 2.10. The molecule has 0 aliphatic carbocycles. The third kappa shape index (κ3) is 3.16. The van der Waals surface area contributed by atoms with Gasteiger partial charge >= 0.3 is 5.97 Å². The van der Waals surface area contributed by atoms with Gasteiger partial charge < -0.3 is 4.74 Å². The fourth-order valence-electron chi connectivity index (χ4n) is 0.932. The molecular weight excluding hydrogens is 225 g/mol. The van der Waals surface area contributed by atoms with E-state index in [-0.39, 0.29) is 24.3 Å². The van der Waals surface area contributed by atoms with Crippen LogP contribution in [0.3, 0.4) is 0 Å². The summed E-state index contributed by atoms with van der Waals surface area (Å²) in [5.41, 5.74) is 1.19. The number of rotatable bonds is 3. The Kier molecular flexibility index (Phi) is 6.25. The molecule has 0 bridgehead atoms. The lowest BCUT2D eigenvalue weighted by atomic mass is 10.2. The number of alkyl halides is 1. The van der Waals surface area contributed by atoms with Gasteiger partial charge in [-0.3, -0.25) is 4.98 Å². The summed E-state index contributed by atoms with van der Waals surface area (Å²) in [5.74, 6) is -0.0809.